The fourth-order valence-electron chi connectivity index (χ4n) is 3.00. The SMILES string of the molecule is C[S@@](=O)(Cc1cc(Nc2ncc(F)c(-c3ccc(F)cc3F)n2)cc(S(F)(F)(F)(F)F)c1)=NC(N)=O. The zero-order valence-corrected chi connectivity index (χ0v) is 19.5. The van der Waals surface area contributed by atoms with Crippen LogP contribution in [0.4, 0.5) is 49.0 Å². The number of nitrogens with zero attached hydrogens (tertiary/aromatic N) is 3. The molecule has 0 aliphatic rings. The van der Waals surface area contributed by atoms with Gasteiger partial charge in [-0.2, -0.15) is 0 Å². The molecule has 196 valence electrons. The summed E-state index contributed by atoms with van der Waals surface area (Å²) < 4.78 is 125. The predicted octanol–water partition coefficient (Wildman–Crippen LogP) is 6.64. The van der Waals surface area contributed by atoms with Crippen molar-refractivity contribution < 1.29 is 41.6 Å². The van der Waals surface area contributed by atoms with Gasteiger partial charge in [0.1, 0.15) is 22.2 Å². The Morgan fingerprint density at radius 3 is 2.31 bits per heavy atom. The average Bonchev–Trinajstić information content (AvgIpc) is 2.66. The number of nitrogens with one attached hydrogen (secondary N) is 1. The number of urea groups is 1. The van der Waals surface area contributed by atoms with Crippen LogP contribution in [0.5, 0.6) is 0 Å². The summed E-state index contributed by atoms with van der Waals surface area (Å²) in [7, 11) is -13.8. The summed E-state index contributed by atoms with van der Waals surface area (Å²) in [5.74, 6) is -4.87. The molecule has 0 saturated carbocycles. The van der Waals surface area contributed by atoms with Crippen LogP contribution in [-0.4, -0.2) is 26.5 Å². The van der Waals surface area contributed by atoms with E-state index in [1.165, 1.54) is 0 Å². The van der Waals surface area contributed by atoms with Crippen molar-refractivity contribution >= 4 is 37.6 Å². The van der Waals surface area contributed by atoms with Crippen LogP contribution >= 0.6 is 10.2 Å². The highest BCUT2D eigenvalue weighted by molar-refractivity contribution is 8.45. The smallest absolute Gasteiger partial charge is 0.346 e. The Balaban J connectivity index is 2.12. The largest absolute Gasteiger partial charge is 0.349 e. The third-order valence-corrected chi connectivity index (χ3v) is 6.88. The van der Waals surface area contributed by atoms with Crippen LogP contribution in [0.3, 0.4) is 0 Å². The number of primary amides is 1. The molecule has 0 aliphatic carbocycles. The topological polar surface area (TPSA) is 110 Å². The minimum absolute atomic E-state index is 0.0125. The van der Waals surface area contributed by atoms with E-state index in [4.69, 9.17) is 5.73 Å². The number of benzene rings is 2. The van der Waals surface area contributed by atoms with E-state index in [1.807, 2.05) is 0 Å². The first-order valence-corrected chi connectivity index (χ1v) is 13.4. The van der Waals surface area contributed by atoms with E-state index in [-0.39, 0.29) is 12.1 Å². The molecular weight excluding hydrogens is 546 g/mol. The van der Waals surface area contributed by atoms with E-state index >= 15 is 0 Å². The maximum atomic E-state index is 14.2. The van der Waals surface area contributed by atoms with Gasteiger partial charge in [0.25, 0.3) is 0 Å². The molecule has 1 aromatic heterocycles. The van der Waals surface area contributed by atoms with Crippen molar-refractivity contribution in [2.45, 2.75) is 10.6 Å². The lowest BCUT2D eigenvalue weighted by atomic mass is 10.1. The van der Waals surface area contributed by atoms with Crippen molar-refractivity contribution in [3.05, 3.63) is 65.6 Å². The molecule has 36 heavy (non-hydrogen) atoms. The molecule has 3 N–H and O–H groups in total. The number of anilines is 2. The van der Waals surface area contributed by atoms with Gasteiger partial charge >= 0.3 is 16.3 Å². The summed E-state index contributed by atoms with van der Waals surface area (Å²) in [5, 5.41) is 2.17. The molecule has 0 spiro atoms. The number of hydrogen-bond donors (Lipinski definition) is 2. The Morgan fingerprint density at radius 1 is 1.06 bits per heavy atom. The summed E-state index contributed by atoms with van der Waals surface area (Å²) >= 11 is 0. The second kappa shape index (κ2) is 8.29. The fourth-order valence-corrected chi connectivity index (χ4v) is 4.95. The van der Waals surface area contributed by atoms with Crippen LogP contribution in [-0.2, 0) is 15.5 Å². The van der Waals surface area contributed by atoms with Crippen molar-refractivity contribution in [3.8, 4) is 11.3 Å². The molecule has 2 amide bonds. The third kappa shape index (κ3) is 6.81. The summed E-state index contributed by atoms with van der Waals surface area (Å²) in [6, 6.07) is 1.62. The van der Waals surface area contributed by atoms with Crippen molar-refractivity contribution in [1.82, 2.24) is 9.97 Å². The molecule has 0 bridgehead atoms. The third-order valence-electron chi connectivity index (χ3n) is 4.32. The zero-order chi connectivity index (χ0) is 27.2. The molecule has 0 saturated heterocycles. The van der Waals surface area contributed by atoms with Crippen LogP contribution in [0.25, 0.3) is 11.3 Å². The van der Waals surface area contributed by atoms with Crippen molar-refractivity contribution in [2.75, 3.05) is 11.6 Å². The first kappa shape index (κ1) is 27.1. The maximum absolute atomic E-state index is 14.2. The van der Waals surface area contributed by atoms with Gasteiger partial charge in [-0.15, -0.1) is 4.36 Å². The minimum Gasteiger partial charge on any atom is -0.349 e. The summed E-state index contributed by atoms with van der Waals surface area (Å²) in [5.41, 5.74) is 2.33. The molecule has 3 rings (SSSR count). The van der Waals surface area contributed by atoms with Crippen LogP contribution < -0.4 is 11.1 Å². The van der Waals surface area contributed by atoms with Gasteiger partial charge in [-0.3, -0.25) is 0 Å². The highest BCUT2D eigenvalue weighted by Crippen LogP contribution is 3.02. The average molecular weight is 561 g/mol. The van der Waals surface area contributed by atoms with Crippen LogP contribution in [0.1, 0.15) is 5.56 Å². The Labute approximate surface area is 198 Å². The second-order valence-corrected chi connectivity index (χ2v) is 12.3. The van der Waals surface area contributed by atoms with Crippen LogP contribution in [0.15, 0.2) is 51.9 Å². The Morgan fingerprint density at radius 2 is 1.72 bits per heavy atom. The molecule has 0 radical (unpaired) electrons. The van der Waals surface area contributed by atoms with E-state index in [0.29, 0.717) is 12.3 Å². The molecule has 0 aliphatic heterocycles. The lowest BCUT2D eigenvalue weighted by Gasteiger charge is -2.41. The number of hydrogen-bond acceptors (Lipinski definition) is 5. The molecule has 7 nitrogen and oxygen atoms in total. The number of carbonyl (C=O) groups excluding carboxylic acids is 1. The van der Waals surface area contributed by atoms with E-state index in [2.05, 4.69) is 19.6 Å². The number of amides is 2. The van der Waals surface area contributed by atoms with E-state index in [9.17, 15) is 41.6 Å². The molecule has 1 atom stereocenters. The normalized spacial score (nSPS) is 15.4. The number of carbonyl (C=O) groups is 1. The highest BCUT2D eigenvalue weighted by atomic mass is 32.5. The van der Waals surface area contributed by atoms with Crippen LogP contribution in [0, 0.1) is 17.5 Å². The Hall–Kier alpha value is -3.47. The molecule has 3 aromatic rings. The number of halogens is 8. The monoisotopic (exact) mass is 561 g/mol. The summed E-state index contributed by atoms with van der Waals surface area (Å²) in [4.78, 5) is 15.7. The van der Waals surface area contributed by atoms with Gasteiger partial charge in [0.2, 0.25) is 5.95 Å². The van der Waals surface area contributed by atoms with Crippen molar-refractivity contribution in [2.24, 2.45) is 10.1 Å². The molecular formula is C19H15F8N5O2S2. The van der Waals surface area contributed by atoms with E-state index in [1.54, 1.807) is 0 Å². The Kier molecular flexibility index (Phi) is 6.25. The Bertz CT molecular complexity index is 1510. The quantitative estimate of drug-likeness (QED) is 0.328. The van der Waals surface area contributed by atoms with Gasteiger partial charge in [0.05, 0.1) is 21.7 Å². The molecule has 0 unspecified atom stereocenters. The lowest BCUT2D eigenvalue weighted by Crippen LogP contribution is -2.12. The molecule has 1 heterocycles. The predicted molar refractivity (Wildman–Crippen MR) is 118 cm³/mol. The number of aromatic nitrogens is 2. The van der Waals surface area contributed by atoms with E-state index in [0.717, 1.165) is 24.5 Å². The minimum atomic E-state index is -10.3. The number of nitrogens with two attached hydrogens (primary N) is 1. The molecule has 0 fully saturated rings. The second-order valence-electron chi connectivity index (χ2n) is 7.51. The standard InChI is InChI=1S/C19H15F8N5O2S2/c1-35(34,32-18(28)33)9-10-4-12(7-13(5-10)36(23,24,25,26)27)30-19-29-8-16(22)17(31-19)14-3-2-11(20)6-15(14)21/h2-8H,9H2,1H3,(H2,28,33)(H,29,30,31)/t35-/m1/s1. The van der Waals surface area contributed by atoms with Crippen molar-refractivity contribution in [1.29, 1.82) is 0 Å². The maximum Gasteiger partial charge on any atom is 0.346 e. The molecule has 2 aromatic carbocycles. The van der Waals surface area contributed by atoms with Gasteiger partial charge in [-0.25, -0.2) is 32.1 Å². The summed E-state index contributed by atoms with van der Waals surface area (Å²) in [6.45, 7) is 0. The van der Waals surface area contributed by atoms with Crippen LogP contribution in [0.2, 0.25) is 0 Å². The highest BCUT2D eigenvalue weighted by Gasteiger charge is 2.65. The fraction of sp³-hybridized carbons (Fsp3) is 0.105. The summed E-state index contributed by atoms with van der Waals surface area (Å²) in [6.07, 6.45) is 1.40. The van der Waals surface area contributed by atoms with Gasteiger partial charge in [-0.05, 0) is 35.9 Å². The molecule has 17 heteroatoms. The number of rotatable bonds is 6. The first-order chi connectivity index (χ1) is 16.2. The lowest BCUT2D eigenvalue weighted by molar-refractivity contribution is 0.257. The van der Waals surface area contributed by atoms with Gasteiger partial charge in [0.15, 0.2) is 5.82 Å². The van der Waals surface area contributed by atoms with Gasteiger partial charge in [0, 0.05) is 23.6 Å². The van der Waals surface area contributed by atoms with Gasteiger partial charge < -0.3 is 11.1 Å². The van der Waals surface area contributed by atoms with Crippen molar-refractivity contribution in [3.63, 3.8) is 0 Å². The van der Waals surface area contributed by atoms with Gasteiger partial charge in [-0.1, -0.05) is 19.4 Å². The van der Waals surface area contributed by atoms with E-state index < -0.39 is 82.5 Å². The first-order valence-electron chi connectivity index (χ1n) is 9.35. The zero-order valence-electron chi connectivity index (χ0n) is 17.8.